The van der Waals surface area contributed by atoms with Crippen molar-refractivity contribution in [1.29, 1.82) is 0 Å². The number of carboxylic acids is 1. The molecular formula is C17H20N4O4S. The molecule has 2 N–H and O–H groups in total. The van der Waals surface area contributed by atoms with Crippen LogP contribution >= 0.6 is 11.3 Å². The van der Waals surface area contributed by atoms with Crippen LogP contribution in [0.15, 0.2) is 24.3 Å². The number of nitrogens with zero attached hydrogens (tertiary/aromatic N) is 3. The van der Waals surface area contributed by atoms with Gasteiger partial charge in [0.05, 0.1) is 12.5 Å². The van der Waals surface area contributed by atoms with Gasteiger partial charge in [0.2, 0.25) is 5.13 Å². The van der Waals surface area contributed by atoms with Crippen LogP contribution in [0.2, 0.25) is 0 Å². The molecule has 0 saturated carbocycles. The van der Waals surface area contributed by atoms with Crippen molar-refractivity contribution < 1.29 is 19.4 Å². The lowest BCUT2D eigenvalue weighted by Gasteiger charge is -2.19. The second-order valence-electron chi connectivity index (χ2n) is 6.50. The molecule has 1 aromatic heterocycles. The highest BCUT2D eigenvalue weighted by Gasteiger charge is 2.42. The summed E-state index contributed by atoms with van der Waals surface area (Å²) in [4.78, 5) is 25.1. The van der Waals surface area contributed by atoms with E-state index in [1.54, 1.807) is 14.0 Å². The Bertz CT molecular complexity index is 825. The van der Waals surface area contributed by atoms with E-state index >= 15 is 0 Å². The van der Waals surface area contributed by atoms with E-state index in [1.165, 1.54) is 16.2 Å². The van der Waals surface area contributed by atoms with Crippen molar-refractivity contribution >= 4 is 28.5 Å². The van der Waals surface area contributed by atoms with Crippen LogP contribution in [0, 0.1) is 5.41 Å². The Morgan fingerprint density at radius 3 is 2.92 bits per heavy atom. The second kappa shape index (κ2) is 7.28. The van der Waals surface area contributed by atoms with E-state index in [-0.39, 0.29) is 12.6 Å². The van der Waals surface area contributed by atoms with Crippen LogP contribution in [0.1, 0.15) is 23.9 Å². The normalized spacial score (nSPS) is 19.4. The van der Waals surface area contributed by atoms with Gasteiger partial charge in [-0.3, -0.25) is 10.1 Å². The van der Waals surface area contributed by atoms with Crippen molar-refractivity contribution in [3.05, 3.63) is 34.8 Å². The largest absolute Gasteiger partial charge is 0.497 e. The predicted octanol–water partition coefficient (Wildman–Crippen LogP) is 2.47. The molecule has 1 aliphatic rings. The van der Waals surface area contributed by atoms with E-state index in [2.05, 4.69) is 15.5 Å². The van der Waals surface area contributed by atoms with Crippen LogP contribution in [-0.2, 0) is 11.2 Å². The summed E-state index contributed by atoms with van der Waals surface area (Å²) in [6.07, 6.45) is 1.03. The monoisotopic (exact) mass is 376 g/mol. The van der Waals surface area contributed by atoms with Gasteiger partial charge in [0.25, 0.3) is 0 Å². The number of carbonyl (C=O) groups excluding carboxylic acids is 1. The van der Waals surface area contributed by atoms with Gasteiger partial charge in [-0.05, 0) is 31.0 Å². The molecule has 9 heteroatoms. The Morgan fingerprint density at radius 2 is 2.23 bits per heavy atom. The molecule has 2 heterocycles. The molecule has 0 aliphatic carbocycles. The molecule has 1 aromatic carbocycles. The third kappa shape index (κ3) is 3.93. The van der Waals surface area contributed by atoms with Gasteiger partial charge in [0.1, 0.15) is 10.8 Å². The van der Waals surface area contributed by atoms with Gasteiger partial charge in [-0.1, -0.05) is 23.5 Å². The highest BCUT2D eigenvalue weighted by molar-refractivity contribution is 7.15. The summed E-state index contributed by atoms with van der Waals surface area (Å²) in [5.41, 5.74) is 0.144. The molecule has 0 radical (unpaired) electrons. The van der Waals surface area contributed by atoms with Crippen molar-refractivity contribution in [2.75, 3.05) is 25.5 Å². The Morgan fingerprint density at radius 1 is 1.42 bits per heavy atom. The molecule has 3 rings (SSSR count). The first-order chi connectivity index (χ1) is 12.4. The molecule has 26 heavy (non-hydrogen) atoms. The third-order valence-corrected chi connectivity index (χ3v) is 5.29. The number of anilines is 1. The van der Waals surface area contributed by atoms with Crippen LogP contribution in [0.25, 0.3) is 0 Å². The standard InChI is InChI=1S/C17H20N4O4S/c1-17(14(22)23)6-7-21(10-17)16(24)18-15-20-19-13(26-15)9-11-4-3-5-12(8-11)25-2/h3-5,8H,6-7,9-10H2,1-2H3,(H,22,23)(H,18,20,24). The van der Waals surface area contributed by atoms with Gasteiger partial charge in [0, 0.05) is 19.5 Å². The number of nitrogens with one attached hydrogen (secondary N) is 1. The van der Waals surface area contributed by atoms with Gasteiger partial charge in [-0.2, -0.15) is 0 Å². The van der Waals surface area contributed by atoms with E-state index in [0.717, 1.165) is 16.3 Å². The first-order valence-corrected chi connectivity index (χ1v) is 8.96. The van der Waals surface area contributed by atoms with Crippen molar-refractivity contribution in [2.45, 2.75) is 19.8 Å². The van der Waals surface area contributed by atoms with E-state index in [0.29, 0.717) is 24.5 Å². The maximum Gasteiger partial charge on any atom is 0.323 e. The number of aromatic nitrogens is 2. The SMILES string of the molecule is COc1cccc(Cc2nnc(NC(=O)N3CCC(C)(C(=O)O)C3)s2)c1. The van der Waals surface area contributed by atoms with Gasteiger partial charge in [0.15, 0.2) is 0 Å². The van der Waals surface area contributed by atoms with Crippen molar-refractivity contribution in [3.8, 4) is 5.75 Å². The summed E-state index contributed by atoms with van der Waals surface area (Å²) >= 11 is 1.30. The Kier molecular flexibility index (Phi) is 5.08. The molecule has 1 atom stereocenters. The summed E-state index contributed by atoms with van der Waals surface area (Å²) in [6.45, 7) is 2.24. The maximum absolute atomic E-state index is 12.3. The highest BCUT2D eigenvalue weighted by Crippen LogP contribution is 2.30. The predicted molar refractivity (Wildman–Crippen MR) is 96.7 cm³/mol. The molecule has 2 aromatic rings. The van der Waals surface area contributed by atoms with Crippen molar-refractivity contribution in [3.63, 3.8) is 0 Å². The quantitative estimate of drug-likeness (QED) is 0.831. The van der Waals surface area contributed by atoms with Crippen LogP contribution in [0.5, 0.6) is 5.75 Å². The topological polar surface area (TPSA) is 105 Å². The third-order valence-electron chi connectivity index (χ3n) is 4.45. The number of rotatable bonds is 5. The number of likely N-dealkylation sites (tertiary alicyclic amines) is 1. The molecular weight excluding hydrogens is 356 g/mol. The highest BCUT2D eigenvalue weighted by atomic mass is 32.1. The minimum atomic E-state index is -0.893. The van der Waals surface area contributed by atoms with Gasteiger partial charge in [-0.15, -0.1) is 10.2 Å². The molecule has 1 fully saturated rings. The molecule has 138 valence electrons. The van der Waals surface area contributed by atoms with Gasteiger partial charge >= 0.3 is 12.0 Å². The molecule has 0 bridgehead atoms. The van der Waals surface area contributed by atoms with Gasteiger partial charge < -0.3 is 14.7 Å². The van der Waals surface area contributed by atoms with E-state index in [4.69, 9.17) is 4.74 Å². The average Bonchev–Trinajstić information content (AvgIpc) is 3.22. The number of hydrogen-bond acceptors (Lipinski definition) is 6. The number of methoxy groups -OCH3 is 1. The number of hydrogen-bond donors (Lipinski definition) is 2. The number of carbonyl (C=O) groups is 2. The number of urea groups is 1. The van der Waals surface area contributed by atoms with Crippen LogP contribution in [0.4, 0.5) is 9.93 Å². The summed E-state index contributed by atoms with van der Waals surface area (Å²) in [5, 5.41) is 21.2. The zero-order valence-electron chi connectivity index (χ0n) is 14.6. The van der Waals surface area contributed by atoms with Crippen LogP contribution < -0.4 is 10.1 Å². The fraction of sp³-hybridized carbons (Fsp3) is 0.412. The van der Waals surface area contributed by atoms with Gasteiger partial charge in [-0.25, -0.2) is 4.79 Å². The fourth-order valence-corrected chi connectivity index (χ4v) is 3.58. The zero-order chi connectivity index (χ0) is 18.7. The minimum absolute atomic E-state index is 0.184. The Labute approximate surface area is 154 Å². The van der Waals surface area contributed by atoms with E-state index in [9.17, 15) is 14.7 Å². The lowest BCUT2D eigenvalue weighted by molar-refractivity contribution is -0.146. The van der Waals surface area contributed by atoms with Crippen molar-refractivity contribution in [1.82, 2.24) is 15.1 Å². The molecule has 8 nitrogen and oxygen atoms in total. The average molecular weight is 376 g/mol. The number of aliphatic carboxylic acids is 1. The number of benzene rings is 1. The summed E-state index contributed by atoms with van der Waals surface area (Å²) in [7, 11) is 1.62. The Balaban J connectivity index is 1.60. The smallest absolute Gasteiger partial charge is 0.323 e. The maximum atomic E-state index is 12.3. The molecule has 1 saturated heterocycles. The fourth-order valence-electron chi connectivity index (χ4n) is 2.81. The second-order valence-corrected chi connectivity index (χ2v) is 7.56. The lowest BCUT2D eigenvalue weighted by Crippen LogP contribution is -2.37. The first kappa shape index (κ1) is 18.1. The van der Waals surface area contributed by atoms with Crippen LogP contribution in [0.3, 0.4) is 0 Å². The Hall–Kier alpha value is -2.68. The molecule has 2 amide bonds. The zero-order valence-corrected chi connectivity index (χ0v) is 15.4. The molecule has 0 spiro atoms. The summed E-state index contributed by atoms with van der Waals surface area (Å²) in [6, 6.07) is 7.33. The van der Waals surface area contributed by atoms with Crippen LogP contribution in [-0.4, -0.2) is 52.4 Å². The number of carboxylic acid groups (broad SMARTS) is 1. The summed E-state index contributed by atoms with van der Waals surface area (Å²) in [5.74, 6) is -0.111. The van der Waals surface area contributed by atoms with Crippen molar-refractivity contribution in [2.24, 2.45) is 5.41 Å². The minimum Gasteiger partial charge on any atom is -0.497 e. The molecule has 1 unspecified atom stereocenters. The first-order valence-electron chi connectivity index (χ1n) is 8.14. The molecule has 1 aliphatic heterocycles. The van der Waals surface area contributed by atoms with E-state index < -0.39 is 11.4 Å². The number of amides is 2. The summed E-state index contributed by atoms with van der Waals surface area (Å²) < 4.78 is 5.20. The number of ether oxygens (including phenoxy) is 1. The van der Waals surface area contributed by atoms with E-state index in [1.807, 2.05) is 24.3 Å². The lowest BCUT2D eigenvalue weighted by atomic mass is 9.90.